The maximum atomic E-state index is 4.84. The molecule has 3 nitrogen and oxygen atoms in total. The van der Waals surface area contributed by atoms with Crippen LogP contribution in [0.25, 0.3) is 0 Å². The molecule has 1 saturated heterocycles. The van der Waals surface area contributed by atoms with Crippen molar-refractivity contribution in [2.24, 2.45) is 0 Å². The topological polar surface area (TPSA) is 28.2 Å². The number of hydrogen-bond acceptors (Lipinski definition) is 4. The minimum absolute atomic E-state index is 0.0104. The molecule has 17 heavy (non-hydrogen) atoms. The predicted molar refractivity (Wildman–Crippen MR) is 73.7 cm³/mol. The highest BCUT2D eigenvalue weighted by molar-refractivity contribution is 7.09. The first-order valence-electron chi connectivity index (χ1n) is 6.36. The lowest BCUT2D eigenvalue weighted by Gasteiger charge is -2.28. The van der Waals surface area contributed by atoms with Crippen LogP contribution in [0.4, 0.5) is 0 Å². The summed E-state index contributed by atoms with van der Waals surface area (Å²) < 4.78 is 0. The van der Waals surface area contributed by atoms with E-state index in [1.165, 1.54) is 30.1 Å². The van der Waals surface area contributed by atoms with Crippen molar-refractivity contribution in [1.82, 2.24) is 15.2 Å². The van der Waals surface area contributed by atoms with Gasteiger partial charge in [0.2, 0.25) is 0 Å². The Labute approximate surface area is 108 Å². The zero-order valence-electron chi connectivity index (χ0n) is 11.3. The largest absolute Gasteiger partial charge is 0.309 e. The van der Waals surface area contributed by atoms with Gasteiger partial charge in [-0.15, -0.1) is 11.3 Å². The van der Waals surface area contributed by atoms with E-state index in [1.54, 1.807) is 11.3 Å². The minimum Gasteiger partial charge on any atom is -0.309 e. The Kier molecular flexibility index (Phi) is 3.85. The first-order valence-corrected chi connectivity index (χ1v) is 7.24. The zero-order chi connectivity index (χ0) is 12.5. The Balaban J connectivity index is 2.12. The number of likely N-dealkylation sites (tertiary alicyclic amines) is 1. The van der Waals surface area contributed by atoms with Crippen LogP contribution in [0, 0.1) is 0 Å². The molecule has 2 heterocycles. The molecule has 1 N–H and O–H groups in total. The average molecular weight is 253 g/mol. The summed E-state index contributed by atoms with van der Waals surface area (Å²) in [7, 11) is 4.20. The normalized spacial score (nSPS) is 22.9. The quantitative estimate of drug-likeness (QED) is 0.896. The lowest BCUT2D eigenvalue weighted by molar-refractivity contribution is 0.248. The molecule has 0 aliphatic carbocycles. The zero-order valence-corrected chi connectivity index (χ0v) is 12.1. The van der Waals surface area contributed by atoms with Crippen LogP contribution in [0.15, 0.2) is 5.38 Å². The van der Waals surface area contributed by atoms with Gasteiger partial charge in [0, 0.05) is 17.8 Å². The Morgan fingerprint density at radius 2 is 2.29 bits per heavy atom. The smallest absolute Gasteiger partial charge is 0.112 e. The molecule has 0 amide bonds. The first-order chi connectivity index (χ1) is 8.03. The molecule has 1 unspecified atom stereocenters. The van der Waals surface area contributed by atoms with E-state index in [0.717, 1.165) is 6.54 Å². The molecular weight excluding hydrogens is 230 g/mol. The third-order valence-corrected chi connectivity index (χ3v) is 4.91. The summed E-state index contributed by atoms with van der Waals surface area (Å²) in [5, 5.41) is 6.77. The van der Waals surface area contributed by atoms with Crippen molar-refractivity contribution < 1.29 is 0 Å². The van der Waals surface area contributed by atoms with E-state index in [-0.39, 0.29) is 5.54 Å². The monoisotopic (exact) mass is 253 g/mol. The number of piperidine rings is 1. The molecule has 1 atom stereocenters. The molecule has 0 radical (unpaired) electrons. The number of aromatic nitrogens is 1. The van der Waals surface area contributed by atoms with E-state index >= 15 is 0 Å². The van der Waals surface area contributed by atoms with Gasteiger partial charge < -0.3 is 10.2 Å². The molecule has 96 valence electrons. The molecule has 2 rings (SSSR count). The van der Waals surface area contributed by atoms with E-state index in [1.807, 2.05) is 7.05 Å². The fourth-order valence-electron chi connectivity index (χ4n) is 2.28. The van der Waals surface area contributed by atoms with E-state index in [4.69, 9.17) is 4.98 Å². The Hall–Kier alpha value is -0.450. The maximum absolute atomic E-state index is 4.84. The third-order valence-electron chi connectivity index (χ3n) is 3.72. The van der Waals surface area contributed by atoms with Gasteiger partial charge in [-0.25, -0.2) is 4.98 Å². The fraction of sp³-hybridized carbons (Fsp3) is 0.769. The lowest BCUT2D eigenvalue weighted by atomic mass is 9.96. The van der Waals surface area contributed by atoms with Crippen molar-refractivity contribution in [3.63, 3.8) is 0 Å². The summed E-state index contributed by atoms with van der Waals surface area (Å²) >= 11 is 1.78. The Bertz CT molecular complexity index is 372. The molecule has 0 spiro atoms. The predicted octanol–water partition coefficient (Wildman–Crippen LogP) is 2.41. The van der Waals surface area contributed by atoms with Crippen LogP contribution in [-0.4, -0.2) is 37.1 Å². The van der Waals surface area contributed by atoms with Crippen molar-refractivity contribution in [1.29, 1.82) is 0 Å². The molecule has 1 aliphatic rings. The molecule has 1 aromatic rings. The number of nitrogens with zero attached hydrogens (tertiary/aromatic N) is 2. The van der Waals surface area contributed by atoms with E-state index in [0.29, 0.717) is 5.92 Å². The van der Waals surface area contributed by atoms with Crippen molar-refractivity contribution in [3.05, 3.63) is 16.1 Å². The van der Waals surface area contributed by atoms with Gasteiger partial charge >= 0.3 is 0 Å². The minimum atomic E-state index is -0.0104. The molecular formula is C13H23N3S. The average Bonchev–Trinajstić information content (AvgIpc) is 2.79. The lowest BCUT2D eigenvalue weighted by Crippen LogP contribution is -2.33. The standard InChI is InChI=1S/C13H23N3S/c1-13(2,14-3)12-15-11(9-17-12)10-6-5-7-16(4)8-10/h9-10,14H,5-8H2,1-4H3. The summed E-state index contributed by atoms with van der Waals surface area (Å²) in [5.41, 5.74) is 1.28. The second kappa shape index (κ2) is 5.04. The van der Waals surface area contributed by atoms with Gasteiger partial charge in [-0.2, -0.15) is 0 Å². The summed E-state index contributed by atoms with van der Waals surface area (Å²) in [5.74, 6) is 0.631. The summed E-state index contributed by atoms with van der Waals surface area (Å²) in [6, 6.07) is 0. The van der Waals surface area contributed by atoms with Crippen LogP contribution in [0.5, 0.6) is 0 Å². The van der Waals surface area contributed by atoms with Gasteiger partial charge in [0.15, 0.2) is 0 Å². The first kappa shape index (κ1) is 13.0. The second-order valence-electron chi connectivity index (χ2n) is 5.55. The van der Waals surface area contributed by atoms with Gasteiger partial charge in [0.1, 0.15) is 5.01 Å². The van der Waals surface area contributed by atoms with Crippen LogP contribution < -0.4 is 5.32 Å². The molecule has 4 heteroatoms. The number of hydrogen-bond donors (Lipinski definition) is 1. The summed E-state index contributed by atoms with van der Waals surface area (Å²) in [6.07, 6.45) is 2.58. The maximum Gasteiger partial charge on any atom is 0.112 e. The Morgan fingerprint density at radius 1 is 1.53 bits per heavy atom. The Morgan fingerprint density at radius 3 is 2.94 bits per heavy atom. The van der Waals surface area contributed by atoms with E-state index in [9.17, 15) is 0 Å². The van der Waals surface area contributed by atoms with Gasteiger partial charge in [0.05, 0.1) is 11.2 Å². The summed E-state index contributed by atoms with van der Waals surface area (Å²) in [4.78, 5) is 7.25. The molecule has 1 aliphatic heterocycles. The highest BCUT2D eigenvalue weighted by Gasteiger charge is 2.25. The van der Waals surface area contributed by atoms with Gasteiger partial charge in [-0.1, -0.05) is 0 Å². The second-order valence-corrected chi connectivity index (χ2v) is 6.41. The number of nitrogens with one attached hydrogen (secondary N) is 1. The number of rotatable bonds is 3. The van der Waals surface area contributed by atoms with Crippen LogP contribution in [0.2, 0.25) is 0 Å². The number of likely N-dealkylation sites (N-methyl/N-ethyl adjacent to an activating group) is 1. The van der Waals surface area contributed by atoms with Crippen LogP contribution in [-0.2, 0) is 5.54 Å². The number of thiazole rings is 1. The van der Waals surface area contributed by atoms with Crippen molar-refractivity contribution >= 4 is 11.3 Å². The highest BCUT2D eigenvalue weighted by Crippen LogP contribution is 2.30. The van der Waals surface area contributed by atoms with Crippen LogP contribution in [0.3, 0.4) is 0 Å². The van der Waals surface area contributed by atoms with Crippen molar-refractivity contribution in [2.45, 2.75) is 38.1 Å². The van der Waals surface area contributed by atoms with Gasteiger partial charge in [-0.05, 0) is 47.3 Å². The molecule has 0 aromatic carbocycles. The van der Waals surface area contributed by atoms with Crippen LogP contribution >= 0.6 is 11.3 Å². The third kappa shape index (κ3) is 2.87. The van der Waals surface area contributed by atoms with Crippen LogP contribution in [0.1, 0.15) is 43.3 Å². The van der Waals surface area contributed by atoms with E-state index in [2.05, 4.69) is 36.5 Å². The van der Waals surface area contributed by atoms with Crippen molar-refractivity contribution in [2.75, 3.05) is 27.2 Å². The molecule has 0 saturated carbocycles. The fourth-order valence-corrected chi connectivity index (χ4v) is 3.31. The summed E-state index contributed by atoms with van der Waals surface area (Å²) in [6.45, 7) is 6.75. The van der Waals surface area contributed by atoms with Gasteiger partial charge in [0.25, 0.3) is 0 Å². The highest BCUT2D eigenvalue weighted by atomic mass is 32.1. The van der Waals surface area contributed by atoms with E-state index < -0.39 is 0 Å². The molecule has 1 fully saturated rings. The van der Waals surface area contributed by atoms with Gasteiger partial charge in [-0.3, -0.25) is 0 Å². The molecule has 1 aromatic heterocycles. The van der Waals surface area contributed by atoms with Crippen molar-refractivity contribution in [3.8, 4) is 0 Å². The SMILES string of the molecule is CNC(C)(C)c1nc(C2CCCN(C)C2)cs1. The molecule has 0 bridgehead atoms.